The number of benzene rings is 2. The van der Waals surface area contributed by atoms with Crippen LogP contribution in [-0.4, -0.2) is 41.5 Å². The number of nitrogens with one attached hydrogen (secondary N) is 2. The predicted octanol–water partition coefficient (Wildman–Crippen LogP) is 5.74. The van der Waals surface area contributed by atoms with Gasteiger partial charge in [-0.15, -0.1) is 0 Å². The first-order valence-electron chi connectivity index (χ1n) is 12.7. The monoisotopic (exact) mass is 569 g/mol. The number of nitrogens with zero attached hydrogens (tertiary/aromatic N) is 3. The lowest BCUT2D eigenvalue weighted by Gasteiger charge is -2.13. The number of carbonyl (C=O) groups is 1. The van der Waals surface area contributed by atoms with Gasteiger partial charge in [0.25, 0.3) is 5.91 Å². The highest BCUT2D eigenvalue weighted by Crippen LogP contribution is 2.40. The van der Waals surface area contributed by atoms with E-state index in [1.807, 2.05) is 41.1 Å². The van der Waals surface area contributed by atoms with Crippen LogP contribution >= 0.6 is 0 Å². The normalized spacial score (nSPS) is 11.7. The summed E-state index contributed by atoms with van der Waals surface area (Å²) in [4.78, 5) is 22.2. The lowest BCUT2D eigenvalue weighted by atomic mass is 9.98. The molecule has 41 heavy (non-hydrogen) atoms. The zero-order valence-electron chi connectivity index (χ0n) is 22.1. The summed E-state index contributed by atoms with van der Waals surface area (Å²) in [5, 5.41) is 3.09. The van der Waals surface area contributed by atoms with Crippen LogP contribution in [0.15, 0.2) is 89.9 Å². The SMILES string of the molecule is CCS(=O)(=O)Nc1cc2oc(-c3ccc(F)cc3)c(C(=O)NC)c2cc1-c1cncc(-c2cn3ccccc3n2)c1. The van der Waals surface area contributed by atoms with Crippen LogP contribution in [0.4, 0.5) is 10.1 Å². The Kier molecular flexibility index (Phi) is 6.50. The number of imidazole rings is 1. The Balaban J connectivity index is 1.58. The van der Waals surface area contributed by atoms with Crippen LogP contribution in [-0.2, 0) is 10.0 Å². The van der Waals surface area contributed by atoms with Crippen molar-refractivity contribution in [2.24, 2.45) is 0 Å². The summed E-state index contributed by atoms with van der Waals surface area (Å²) in [5.41, 5.74) is 4.55. The van der Waals surface area contributed by atoms with Gasteiger partial charge in [-0.05, 0) is 55.5 Å². The minimum Gasteiger partial charge on any atom is -0.455 e. The van der Waals surface area contributed by atoms with Crippen LogP contribution in [0.25, 0.3) is 50.3 Å². The van der Waals surface area contributed by atoms with Gasteiger partial charge in [0.15, 0.2) is 0 Å². The van der Waals surface area contributed by atoms with Gasteiger partial charge in [0.2, 0.25) is 10.0 Å². The van der Waals surface area contributed by atoms with Crippen molar-refractivity contribution in [3.63, 3.8) is 0 Å². The fourth-order valence-electron chi connectivity index (χ4n) is 4.66. The lowest BCUT2D eigenvalue weighted by Crippen LogP contribution is -2.18. The Bertz CT molecular complexity index is 2020. The third-order valence-electron chi connectivity index (χ3n) is 6.74. The molecule has 4 heterocycles. The molecular weight excluding hydrogens is 545 g/mol. The van der Waals surface area contributed by atoms with Crippen LogP contribution in [0.5, 0.6) is 0 Å². The maximum atomic E-state index is 13.6. The largest absolute Gasteiger partial charge is 0.455 e. The van der Waals surface area contributed by atoms with Gasteiger partial charge >= 0.3 is 0 Å². The molecule has 0 spiro atoms. The van der Waals surface area contributed by atoms with Crippen molar-refractivity contribution in [1.29, 1.82) is 0 Å². The van der Waals surface area contributed by atoms with Crippen LogP contribution in [0, 0.1) is 5.82 Å². The molecule has 0 aliphatic carbocycles. The molecule has 0 fully saturated rings. The molecular formula is C30H24FN5O4S. The van der Waals surface area contributed by atoms with E-state index in [4.69, 9.17) is 4.42 Å². The molecule has 4 aromatic heterocycles. The van der Waals surface area contributed by atoms with Crippen molar-refractivity contribution < 1.29 is 22.0 Å². The van der Waals surface area contributed by atoms with Crippen molar-refractivity contribution in [2.75, 3.05) is 17.5 Å². The number of halogens is 1. The summed E-state index contributed by atoms with van der Waals surface area (Å²) in [7, 11) is -2.18. The average Bonchev–Trinajstić information content (AvgIpc) is 3.58. The second kappa shape index (κ2) is 10.2. The van der Waals surface area contributed by atoms with Gasteiger partial charge in [-0.3, -0.25) is 14.5 Å². The number of sulfonamides is 1. The Hall–Kier alpha value is -5.03. The van der Waals surface area contributed by atoms with Crippen molar-refractivity contribution >= 4 is 38.2 Å². The van der Waals surface area contributed by atoms with Gasteiger partial charge in [0, 0.05) is 65.5 Å². The molecule has 1 amide bonds. The minimum absolute atomic E-state index is 0.146. The second-order valence-electron chi connectivity index (χ2n) is 9.35. The van der Waals surface area contributed by atoms with Crippen molar-refractivity contribution in [3.8, 4) is 33.7 Å². The maximum absolute atomic E-state index is 13.6. The number of carbonyl (C=O) groups excluding carboxylic acids is 1. The highest BCUT2D eigenvalue weighted by Gasteiger charge is 2.24. The summed E-state index contributed by atoms with van der Waals surface area (Å²) in [6, 6.07) is 16.4. The van der Waals surface area contributed by atoms with E-state index < -0.39 is 21.7 Å². The molecule has 0 bridgehead atoms. The van der Waals surface area contributed by atoms with Gasteiger partial charge in [-0.2, -0.15) is 0 Å². The van der Waals surface area contributed by atoms with Crippen molar-refractivity contribution in [3.05, 3.63) is 96.8 Å². The molecule has 6 rings (SSSR count). The third-order valence-corrected chi connectivity index (χ3v) is 8.03. The van der Waals surface area contributed by atoms with Crippen LogP contribution in [0.3, 0.4) is 0 Å². The van der Waals surface area contributed by atoms with Crippen LogP contribution < -0.4 is 10.0 Å². The summed E-state index contributed by atoms with van der Waals surface area (Å²) in [6.45, 7) is 1.54. The third kappa shape index (κ3) is 4.91. The van der Waals surface area contributed by atoms with Gasteiger partial charge in [0.1, 0.15) is 22.8 Å². The molecule has 6 aromatic rings. The van der Waals surface area contributed by atoms with E-state index in [0.29, 0.717) is 27.8 Å². The van der Waals surface area contributed by atoms with Gasteiger partial charge in [0.05, 0.1) is 22.7 Å². The fraction of sp³-hybridized carbons (Fsp3) is 0.100. The van der Waals surface area contributed by atoms with E-state index in [1.54, 1.807) is 24.5 Å². The first-order chi connectivity index (χ1) is 19.8. The number of pyridine rings is 2. The smallest absolute Gasteiger partial charge is 0.255 e. The first-order valence-corrected chi connectivity index (χ1v) is 14.4. The molecule has 0 saturated heterocycles. The number of aromatic nitrogens is 3. The Morgan fingerprint density at radius 2 is 1.80 bits per heavy atom. The zero-order chi connectivity index (χ0) is 28.7. The predicted molar refractivity (Wildman–Crippen MR) is 155 cm³/mol. The van der Waals surface area contributed by atoms with E-state index in [9.17, 15) is 17.6 Å². The zero-order valence-corrected chi connectivity index (χ0v) is 22.9. The topological polar surface area (TPSA) is 119 Å². The lowest BCUT2D eigenvalue weighted by molar-refractivity contribution is 0.0964. The number of hydrogen-bond donors (Lipinski definition) is 2. The quantitative estimate of drug-likeness (QED) is 0.253. The summed E-state index contributed by atoms with van der Waals surface area (Å²) < 4.78 is 49.7. The number of amides is 1. The van der Waals surface area contributed by atoms with Crippen LogP contribution in [0.2, 0.25) is 0 Å². The van der Waals surface area contributed by atoms with E-state index in [2.05, 4.69) is 20.0 Å². The first kappa shape index (κ1) is 26.2. The van der Waals surface area contributed by atoms with Gasteiger partial charge < -0.3 is 14.1 Å². The Morgan fingerprint density at radius 3 is 2.54 bits per heavy atom. The van der Waals surface area contributed by atoms with Crippen LogP contribution in [0.1, 0.15) is 17.3 Å². The average molecular weight is 570 g/mol. The van der Waals surface area contributed by atoms with Gasteiger partial charge in [-0.25, -0.2) is 17.8 Å². The van der Waals surface area contributed by atoms with E-state index in [-0.39, 0.29) is 28.3 Å². The fourth-order valence-corrected chi connectivity index (χ4v) is 5.31. The van der Waals surface area contributed by atoms with Crippen molar-refractivity contribution in [1.82, 2.24) is 19.7 Å². The minimum atomic E-state index is -3.68. The molecule has 11 heteroatoms. The molecule has 0 saturated carbocycles. The summed E-state index contributed by atoms with van der Waals surface area (Å²) in [6.07, 6.45) is 7.08. The molecule has 0 aliphatic heterocycles. The Labute approximate surface area is 234 Å². The molecule has 0 radical (unpaired) electrons. The standard InChI is InChI=1S/C30H24FN5O4S/c1-3-41(38,39)35-24-14-26-23(28(30(37)32-2)29(40-26)18-7-9-21(31)10-8-18)13-22(24)19-12-20(16-33-15-19)25-17-36-11-5-4-6-27(36)34-25/h4-17,35H,3H2,1-2H3,(H,32,37). The number of hydrogen-bond acceptors (Lipinski definition) is 6. The number of anilines is 1. The number of rotatable bonds is 7. The highest BCUT2D eigenvalue weighted by atomic mass is 32.2. The molecule has 0 unspecified atom stereocenters. The number of furan rings is 1. The molecule has 2 aromatic carbocycles. The Morgan fingerprint density at radius 1 is 1.02 bits per heavy atom. The molecule has 206 valence electrons. The molecule has 9 nitrogen and oxygen atoms in total. The summed E-state index contributed by atoms with van der Waals surface area (Å²) in [5.74, 6) is -0.750. The number of fused-ring (bicyclic) bond motifs is 2. The summed E-state index contributed by atoms with van der Waals surface area (Å²) >= 11 is 0. The van der Waals surface area contributed by atoms with E-state index in [1.165, 1.54) is 38.2 Å². The maximum Gasteiger partial charge on any atom is 0.255 e. The van der Waals surface area contributed by atoms with Crippen molar-refractivity contribution in [2.45, 2.75) is 6.92 Å². The molecule has 2 N–H and O–H groups in total. The van der Waals surface area contributed by atoms with Gasteiger partial charge in [-0.1, -0.05) is 6.07 Å². The second-order valence-corrected chi connectivity index (χ2v) is 11.4. The molecule has 0 aliphatic rings. The highest BCUT2D eigenvalue weighted by molar-refractivity contribution is 7.92. The van der Waals surface area contributed by atoms with E-state index >= 15 is 0 Å². The molecule has 0 atom stereocenters. The van der Waals surface area contributed by atoms with E-state index in [0.717, 1.165) is 11.2 Å².